The first-order chi connectivity index (χ1) is 19.1. The molecule has 40 heavy (non-hydrogen) atoms. The van der Waals surface area contributed by atoms with Crippen LogP contribution in [-0.2, 0) is 10.4 Å². The number of anilines is 1. The van der Waals surface area contributed by atoms with Crippen LogP contribution >= 0.6 is 11.6 Å². The summed E-state index contributed by atoms with van der Waals surface area (Å²) in [5, 5.41) is 14.6. The van der Waals surface area contributed by atoms with Crippen molar-refractivity contribution in [3.63, 3.8) is 0 Å². The predicted molar refractivity (Wildman–Crippen MR) is 140 cm³/mol. The van der Waals surface area contributed by atoms with Crippen molar-refractivity contribution >= 4 is 29.1 Å². The van der Waals surface area contributed by atoms with Crippen LogP contribution in [0.2, 0.25) is 5.02 Å². The number of fused-ring (bicyclic) bond motifs is 1. The Morgan fingerprint density at radius 1 is 1.20 bits per heavy atom. The van der Waals surface area contributed by atoms with Crippen molar-refractivity contribution in [3.8, 4) is 5.88 Å². The van der Waals surface area contributed by atoms with Gasteiger partial charge in [0.25, 0.3) is 24.1 Å². The number of hydrogen-bond acceptors (Lipinski definition) is 6. The van der Waals surface area contributed by atoms with Crippen molar-refractivity contribution in [2.24, 2.45) is 5.92 Å². The molecule has 2 aliphatic rings. The first kappa shape index (κ1) is 27.9. The average Bonchev–Trinajstić information content (AvgIpc) is 3.16. The summed E-state index contributed by atoms with van der Waals surface area (Å²) in [6, 6.07) is 8.87. The van der Waals surface area contributed by atoms with Crippen LogP contribution in [0, 0.1) is 11.7 Å². The summed E-state index contributed by atoms with van der Waals surface area (Å²) in [5.41, 5.74) is -2.65. The number of hydrogen-bond donors (Lipinski definition) is 2. The quantitative estimate of drug-likeness (QED) is 0.421. The van der Waals surface area contributed by atoms with Crippen molar-refractivity contribution in [3.05, 3.63) is 82.0 Å². The van der Waals surface area contributed by atoms with Gasteiger partial charge in [-0.3, -0.25) is 14.6 Å². The minimum Gasteiger partial charge on any atom is -0.479 e. The Morgan fingerprint density at radius 3 is 2.62 bits per heavy atom. The largest absolute Gasteiger partial charge is 0.479 e. The highest BCUT2D eigenvalue weighted by atomic mass is 35.5. The summed E-state index contributed by atoms with van der Waals surface area (Å²) in [7, 11) is 1.25. The maximum atomic E-state index is 15.2. The summed E-state index contributed by atoms with van der Waals surface area (Å²) in [6.07, 6.45) is 1.79. The van der Waals surface area contributed by atoms with Gasteiger partial charge in [-0.2, -0.15) is 0 Å². The number of rotatable bonds is 7. The number of aliphatic hydroxyl groups is 1. The standard InChI is InChI=1S/C28H26ClF3N4O4/c1-40-26-22(30)20(10-11-33-26)28(39)19-4-2-3-5-21(19)36(27(28)38)14-15-6-8-17(9-7-15)35-25(37)18-12-16(29)13-34-23(18)24(31)32/h2-5,10-13,15,17,24,39H,6-9,14H2,1H3,(H,35,37)/t15-,17-,28?. The lowest BCUT2D eigenvalue weighted by molar-refractivity contribution is -0.132. The molecule has 2 amide bonds. The first-order valence-electron chi connectivity index (χ1n) is 12.7. The Bertz CT molecular complexity index is 1450. The lowest BCUT2D eigenvalue weighted by Gasteiger charge is -2.32. The van der Waals surface area contributed by atoms with E-state index in [-0.39, 0.29) is 46.1 Å². The zero-order valence-corrected chi connectivity index (χ0v) is 22.2. The van der Waals surface area contributed by atoms with E-state index in [4.69, 9.17) is 16.3 Å². The van der Waals surface area contributed by atoms with Crippen LogP contribution in [0.15, 0.2) is 48.8 Å². The Labute approximate surface area is 233 Å². The van der Waals surface area contributed by atoms with Crippen molar-refractivity contribution in [1.29, 1.82) is 0 Å². The highest BCUT2D eigenvalue weighted by Gasteiger charge is 2.53. The molecular formula is C28H26ClF3N4O4. The molecule has 1 saturated carbocycles. The van der Waals surface area contributed by atoms with E-state index in [0.29, 0.717) is 31.4 Å². The molecule has 210 valence electrons. The second-order valence-electron chi connectivity index (χ2n) is 9.90. The van der Waals surface area contributed by atoms with Gasteiger partial charge in [-0.25, -0.2) is 18.2 Å². The monoisotopic (exact) mass is 574 g/mol. The Hall–Kier alpha value is -3.70. The third kappa shape index (κ3) is 4.88. The normalized spacial score (nSPS) is 22.4. The van der Waals surface area contributed by atoms with Crippen LogP contribution in [0.25, 0.3) is 0 Å². The first-order valence-corrected chi connectivity index (χ1v) is 13.1. The molecule has 3 heterocycles. The third-order valence-electron chi connectivity index (χ3n) is 7.54. The van der Waals surface area contributed by atoms with Gasteiger partial charge in [0.15, 0.2) is 11.4 Å². The van der Waals surface area contributed by atoms with E-state index in [1.807, 2.05) is 0 Å². The van der Waals surface area contributed by atoms with Gasteiger partial charge in [-0.1, -0.05) is 29.8 Å². The molecule has 2 aromatic heterocycles. The van der Waals surface area contributed by atoms with Crippen LogP contribution < -0.4 is 15.0 Å². The number of pyridine rings is 2. The van der Waals surface area contributed by atoms with Crippen LogP contribution in [0.1, 0.15) is 59.3 Å². The van der Waals surface area contributed by atoms with Gasteiger partial charge in [0.2, 0.25) is 0 Å². The number of nitrogens with one attached hydrogen (secondary N) is 1. The summed E-state index contributed by atoms with van der Waals surface area (Å²) >= 11 is 5.87. The number of benzene rings is 1. The van der Waals surface area contributed by atoms with E-state index in [1.54, 1.807) is 24.3 Å². The molecule has 12 heteroatoms. The number of amides is 2. The highest BCUT2D eigenvalue weighted by molar-refractivity contribution is 6.30. The van der Waals surface area contributed by atoms with E-state index in [0.717, 1.165) is 6.20 Å². The maximum Gasteiger partial charge on any atom is 0.281 e. The Morgan fingerprint density at radius 2 is 1.93 bits per heavy atom. The molecule has 5 rings (SSSR count). The summed E-state index contributed by atoms with van der Waals surface area (Å²) in [4.78, 5) is 35.3. The molecule has 0 radical (unpaired) electrons. The van der Waals surface area contributed by atoms with Crippen LogP contribution in [0.3, 0.4) is 0 Å². The second kappa shape index (κ2) is 11.1. The fourth-order valence-corrected chi connectivity index (χ4v) is 5.70. The second-order valence-corrected chi connectivity index (χ2v) is 10.3. The maximum absolute atomic E-state index is 15.2. The topological polar surface area (TPSA) is 105 Å². The number of ether oxygens (including phenoxy) is 1. The molecule has 1 aliphatic carbocycles. The Kier molecular flexibility index (Phi) is 7.70. The van der Waals surface area contributed by atoms with Gasteiger partial charge >= 0.3 is 0 Å². The molecule has 1 fully saturated rings. The molecule has 0 saturated heterocycles. The molecule has 2 N–H and O–H groups in total. The van der Waals surface area contributed by atoms with E-state index >= 15 is 4.39 Å². The van der Waals surface area contributed by atoms with Gasteiger partial charge in [-0.05, 0) is 49.8 Å². The van der Waals surface area contributed by atoms with Gasteiger partial charge in [-0.15, -0.1) is 0 Å². The molecule has 8 nitrogen and oxygen atoms in total. The number of methoxy groups -OCH3 is 1. The number of nitrogens with zero attached hydrogens (tertiary/aromatic N) is 3. The molecule has 1 atom stereocenters. The van der Waals surface area contributed by atoms with Crippen molar-refractivity contribution < 1.29 is 32.6 Å². The predicted octanol–water partition coefficient (Wildman–Crippen LogP) is 4.79. The lowest BCUT2D eigenvalue weighted by atomic mass is 9.85. The Balaban J connectivity index is 1.29. The minimum absolute atomic E-state index is 0.0220. The van der Waals surface area contributed by atoms with Gasteiger partial charge in [0, 0.05) is 36.1 Å². The van der Waals surface area contributed by atoms with E-state index in [9.17, 15) is 23.5 Å². The fourth-order valence-electron chi connectivity index (χ4n) is 5.54. The lowest BCUT2D eigenvalue weighted by Crippen LogP contribution is -2.45. The summed E-state index contributed by atoms with van der Waals surface area (Å²) < 4.78 is 46.8. The number of carbonyl (C=O) groups is 2. The van der Waals surface area contributed by atoms with Gasteiger partial charge in [0.05, 0.1) is 23.4 Å². The van der Waals surface area contributed by atoms with E-state index in [1.165, 1.54) is 30.3 Å². The van der Waals surface area contributed by atoms with Crippen molar-refractivity contribution in [2.45, 2.75) is 43.8 Å². The number of halogens is 4. The van der Waals surface area contributed by atoms with E-state index < -0.39 is 35.4 Å². The summed E-state index contributed by atoms with van der Waals surface area (Å²) in [5.74, 6) is -2.57. The van der Waals surface area contributed by atoms with Gasteiger partial charge < -0.3 is 20.1 Å². The van der Waals surface area contributed by atoms with Crippen LogP contribution in [0.4, 0.5) is 18.9 Å². The summed E-state index contributed by atoms with van der Waals surface area (Å²) in [6.45, 7) is 0.274. The number of para-hydroxylation sites is 1. The minimum atomic E-state index is -2.92. The molecule has 0 bridgehead atoms. The molecule has 3 aromatic rings. The molecule has 0 spiro atoms. The third-order valence-corrected chi connectivity index (χ3v) is 7.75. The van der Waals surface area contributed by atoms with Gasteiger partial charge in [0.1, 0.15) is 5.69 Å². The molecular weight excluding hydrogens is 549 g/mol. The van der Waals surface area contributed by atoms with Crippen molar-refractivity contribution in [1.82, 2.24) is 15.3 Å². The smallest absolute Gasteiger partial charge is 0.281 e. The molecule has 1 aliphatic heterocycles. The van der Waals surface area contributed by atoms with E-state index in [2.05, 4.69) is 15.3 Å². The number of aromatic nitrogens is 2. The fraction of sp³-hybridized carbons (Fsp3) is 0.357. The molecule has 1 unspecified atom stereocenters. The zero-order valence-electron chi connectivity index (χ0n) is 21.4. The SMILES string of the molecule is COc1nccc(C2(O)C(=O)N(C[C@H]3CC[C@H](NC(=O)c4cc(Cl)cnc4C(F)F)CC3)c3ccccc32)c1F. The van der Waals surface area contributed by atoms with Crippen molar-refractivity contribution in [2.75, 3.05) is 18.6 Å². The number of carbonyl (C=O) groups excluding carboxylic acids is 2. The average molecular weight is 575 g/mol. The number of alkyl halides is 2. The van der Waals surface area contributed by atoms with Crippen LogP contribution in [0.5, 0.6) is 5.88 Å². The zero-order chi connectivity index (χ0) is 28.6. The molecule has 1 aromatic carbocycles. The van der Waals surface area contributed by atoms with Crippen LogP contribution in [-0.4, -0.2) is 46.6 Å². The highest BCUT2D eigenvalue weighted by Crippen LogP contribution is 2.46.